The molecule has 74 valence electrons. The van der Waals surface area contributed by atoms with Crippen LogP contribution in [0.2, 0.25) is 0 Å². The second-order valence-corrected chi connectivity index (χ2v) is 3.17. The highest BCUT2D eigenvalue weighted by Crippen LogP contribution is 2.09. The zero-order valence-corrected chi connectivity index (χ0v) is 8.61. The van der Waals surface area contributed by atoms with E-state index in [0.29, 0.717) is 6.04 Å². The predicted octanol–water partition coefficient (Wildman–Crippen LogP) is 3.62. The van der Waals surface area contributed by atoms with Crippen molar-refractivity contribution in [2.75, 3.05) is 5.32 Å². The van der Waals surface area contributed by atoms with Crippen LogP contribution in [-0.4, -0.2) is 6.04 Å². The lowest BCUT2D eigenvalue weighted by molar-refractivity contribution is 0.893. The van der Waals surface area contributed by atoms with Crippen molar-refractivity contribution in [3.63, 3.8) is 0 Å². The fourth-order valence-electron chi connectivity index (χ4n) is 1.35. The average molecular weight is 187 g/mol. The van der Waals surface area contributed by atoms with Gasteiger partial charge in [-0.2, -0.15) is 0 Å². The molecule has 0 aliphatic heterocycles. The number of benzene rings is 1. The first-order chi connectivity index (χ1) is 6.86. The number of para-hydroxylation sites is 1. The largest absolute Gasteiger partial charge is 0.379 e. The summed E-state index contributed by atoms with van der Waals surface area (Å²) in [4.78, 5) is 0. The Bertz CT molecular complexity index is 287. The zero-order valence-electron chi connectivity index (χ0n) is 8.61. The third kappa shape index (κ3) is 3.48. The van der Waals surface area contributed by atoms with Crippen LogP contribution in [-0.2, 0) is 0 Å². The topological polar surface area (TPSA) is 12.0 Å². The van der Waals surface area contributed by atoms with Gasteiger partial charge in [0.25, 0.3) is 0 Å². The zero-order chi connectivity index (χ0) is 10.2. The van der Waals surface area contributed by atoms with Gasteiger partial charge in [-0.05, 0) is 25.5 Å². The van der Waals surface area contributed by atoms with E-state index in [9.17, 15) is 0 Å². The van der Waals surface area contributed by atoms with Crippen LogP contribution in [0.15, 0.2) is 55.1 Å². The molecule has 0 radical (unpaired) electrons. The van der Waals surface area contributed by atoms with E-state index in [4.69, 9.17) is 0 Å². The fraction of sp³-hybridized carbons (Fsp3) is 0.231. The van der Waals surface area contributed by atoms with E-state index in [1.165, 1.54) is 0 Å². The number of anilines is 1. The second-order valence-electron chi connectivity index (χ2n) is 3.17. The molecule has 0 spiro atoms. The standard InChI is InChI=1S/C13H17N/c1-3-8-12(9-4-2)14-13-10-6-5-7-11-13/h3-7,9-12,14H,1,8H2,2H3/b9-4-. The van der Waals surface area contributed by atoms with Crippen LogP contribution in [0.4, 0.5) is 5.69 Å². The van der Waals surface area contributed by atoms with Gasteiger partial charge in [-0.25, -0.2) is 0 Å². The predicted molar refractivity (Wildman–Crippen MR) is 63.5 cm³/mol. The van der Waals surface area contributed by atoms with Crippen molar-refractivity contribution in [1.82, 2.24) is 0 Å². The Hall–Kier alpha value is -1.50. The van der Waals surface area contributed by atoms with Gasteiger partial charge in [-0.1, -0.05) is 36.4 Å². The van der Waals surface area contributed by atoms with Crippen LogP contribution in [0.5, 0.6) is 0 Å². The highest BCUT2D eigenvalue weighted by Gasteiger charge is 2.00. The smallest absolute Gasteiger partial charge is 0.0478 e. The Morgan fingerprint density at radius 3 is 2.64 bits per heavy atom. The van der Waals surface area contributed by atoms with Gasteiger partial charge in [0.05, 0.1) is 0 Å². The van der Waals surface area contributed by atoms with Crippen molar-refractivity contribution < 1.29 is 0 Å². The van der Waals surface area contributed by atoms with Gasteiger partial charge in [0, 0.05) is 11.7 Å². The van der Waals surface area contributed by atoms with E-state index in [-0.39, 0.29) is 0 Å². The molecule has 1 rings (SSSR count). The summed E-state index contributed by atoms with van der Waals surface area (Å²) >= 11 is 0. The molecule has 0 aromatic heterocycles. The Balaban J connectivity index is 2.59. The quantitative estimate of drug-likeness (QED) is 0.694. The van der Waals surface area contributed by atoms with E-state index in [0.717, 1.165) is 12.1 Å². The molecule has 1 unspecified atom stereocenters. The van der Waals surface area contributed by atoms with Gasteiger partial charge in [0.15, 0.2) is 0 Å². The van der Waals surface area contributed by atoms with Crippen molar-refractivity contribution in [1.29, 1.82) is 0 Å². The monoisotopic (exact) mass is 187 g/mol. The minimum atomic E-state index is 0.347. The van der Waals surface area contributed by atoms with E-state index in [1.54, 1.807) is 0 Å². The molecule has 0 saturated carbocycles. The maximum absolute atomic E-state index is 3.75. The highest BCUT2D eigenvalue weighted by atomic mass is 14.9. The molecule has 0 amide bonds. The number of allylic oxidation sites excluding steroid dienone is 1. The lowest BCUT2D eigenvalue weighted by Gasteiger charge is -2.14. The summed E-state index contributed by atoms with van der Waals surface area (Å²) in [6.07, 6.45) is 7.08. The van der Waals surface area contributed by atoms with Crippen LogP contribution in [0.1, 0.15) is 13.3 Å². The summed E-state index contributed by atoms with van der Waals surface area (Å²) in [5, 5.41) is 3.42. The summed E-state index contributed by atoms with van der Waals surface area (Å²) in [6, 6.07) is 10.6. The van der Waals surface area contributed by atoms with Gasteiger partial charge in [-0.15, -0.1) is 6.58 Å². The first kappa shape index (κ1) is 10.6. The maximum Gasteiger partial charge on any atom is 0.0478 e. The SMILES string of the molecule is C=CCC(/C=C\C)Nc1ccccc1. The van der Waals surface area contributed by atoms with Crippen molar-refractivity contribution in [3.05, 3.63) is 55.1 Å². The van der Waals surface area contributed by atoms with Crippen LogP contribution >= 0.6 is 0 Å². The van der Waals surface area contributed by atoms with Crippen molar-refractivity contribution >= 4 is 5.69 Å². The van der Waals surface area contributed by atoms with Crippen LogP contribution in [0.3, 0.4) is 0 Å². The summed E-state index contributed by atoms with van der Waals surface area (Å²) in [6.45, 7) is 5.78. The van der Waals surface area contributed by atoms with E-state index < -0.39 is 0 Å². The number of hydrogen-bond acceptors (Lipinski definition) is 1. The van der Waals surface area contributed by atoms with Crippen molar-refractivity contribution in [2.45, 2.75) is 19.4 Å². The first-order valence-corrected chi connectivity index (χ1v) is 4.92. The molecule has 1 N–H and O–H groups in total. The molecular weight excluding hydrogens is 170 g/mol. The molecule has 1 aromatic rings. The van der Waals surface area contributed by atoms with E-state index in [2.05, 4.69) is 36.2 Å². The van der Waals surface area contributed by atoms with Crippen LogP contribution in [0, 0.1) is 0 Å². The Kier molecular flexibility index (Phi) is 4.56. The molecule has 0 fully saturated rings. The van der Waals surface area contributed by atoms with Crippen LogP contribution in [0.25, 0.3) is 0 Å². The molecule has 0 aliphatic carbocycles. The molecular formula is C13H17N. The first-order valence-electron chi connectivity index (χ1n) is 4.92. The fourth-order valence-corrected chi connectivity index (χ4v) is 1.35. The molecule has 1 heteroatoms. The molecule has 0 bridgehead atoms. The van der Waals surface area contributed by atoms with Crippen LogP contribution < -0.4 is 5.32 Å². The minimum Gasteiger partial charge on any atom is -0.379 e. The maximum atomic E-state index is 3.75. The van der Waals surface area contributed by atoms with Crippen molar-refractivity contribution in [2.24, 2.45) is 0 Å². The lowest BCUT2D eigenvalue weighted by atomic mass is 10.1. The Morgan fingerprint density at radius 1 is 1.36 bits per heavy atom. The number of nitrogens with one attached hydrogen (secondary N) is 1. The summed E-state index contributed by atoms with van der Waals surface area (Å²) in [7, 11) is 0. The average Bonchev–Trinajstić information content (AvgIpc) is 2.20. The summed E-state index contributed by atoms with van der Waals surface area (Å²) < 4.78 is 0. The van der Waals surface area contributed by atoms with Gasteiger partial charge in [-0.3, -0.25) is 0 Å². The third-order valence-corrected chi connectivity index (χ3v) is 1.97. The molecule has 0 aliphatic rings. The molecule has 1 nitrogen and oxygen atoms in total. The lowest BCUT2D eigenvalue weighted by Crippen LogP contribution is -2.15. The van der Waals surface area contributed by atoms with E-state index in [1.807, 2.05) is 31.2 Å². The Labute approximate surface area is 86.2 Å². The van der Waals surface area contributed by atoms with E-state index >= 15 is 0 Å². The Morgan fingerprint density at radius 2 is 2.07 bits per heavy atom. The van der Waals surface area contributed by atoms with Crippen molar-refractivity contribution in [3.8, 4) is 0 Å². The molecule has 1 atom stereocenters. The summed E-state index contributed by atoms with van der Waals surface area (Å²) in [5.41, 5.74) is 1.15. The molecule has 0 heterocycles. The molecule has 0 saturated heterocycles. The number of hydrogen-bond donors (Lipinski definition) is 1. The second kappa shape index (κ2) is 6.03. The minimum absolute atomic E-state index is 0.347. The summed E-state index contributed by atoms with van der Waals surface area (Å²) in [5.74, 6) is 0. The number of rotatable bonds is 5. The molecule has 14 heavy (non-hydrogen) atoms. The normalized spacial score (nSPS) is 12.6. The van der Waals surface area contributed by atoms with Gasteiger partial charge < -0.3 is 5.32 Å². The van der Waals surface area contributed by atoms with Gasteiger partial charge >= 0.3 is 0 Å². The highest BCUT2D eigenvalue weighted by molar-refractivity contribution is 5.44. The van der Waals surface area contributed by atoms with Gasteiger partial charge in [0.2, 0.25) is 0 Å². The third-order valence-electron chi connectivity index (χ3n) is 1.97. The molecule has 1 aromatic carbocycles. The van der Waals surface area contributed by atoms with Gasteiger partial charge in [0.1, 0.15) is 0 Å².